The fourth-order valence-corrected chi connectivity index (χ4v) is 5.59. The molecule has 0 spiro atoms. The van der Waals surface area contributed by atoms with Crippen LogP contribution in [0, 0.1) is 20.8 Å². The lowest BCUT2D eigenvalue weighted by Gasteiger charge is -2.34. The van der Waals surface area contributed by atoms with Crippen molar-refractivity contribution in [2.24, 2.45) is 0 Å². The Morgan fingerprint density at radius 1 is 0.861 bits per heavy atom. The highest BCUT2D eigenvalue weighted by Crippen LogP contribution is 2.25. The number of piperazine rings is 1. The van der Waals surface area contributed by atoms with E-state index in [9.17, 15) is 8.42 Å². The Morgan fingerprint density at radius 3 is 2.19 bits per heavy atom. The van der Waals surface area contributed by atoms with E-state index in [2.05, 4.69) is 25.2 Å². The largest absolute Gasteiger partial charge is 0.449 e. The van der Waals surface area contributed by atoms with Gasteiger partial charge in [0.05, 0.1) is 4.90 Å². The molecule has 0 atom stereocenters. The van der Waals surface area contributed by atoms with Gasteiger partial charge >= 0.3 is 0 Å². The molecule has 0 aliphatic carbocycles. The van der Waals surface area contributed by atoms with Crippen LogP contribution in [0.5, 0.6) is 0 Å². The van der Waals surface area contributed by atoms with Crippen molar-refractivity contribution < 1.29 is 12.8 Å². The number of sulfonamides is 1. The third-order valence-corrected chi connectivity index (χ3v) is 8.03. The predicted molar refractivity (Wildman–Crippen MR) is 139 cm³/mol. The first-order chi connectivity index (χ1) is 17.3. The molecule has 186 valence electrons. The van der Waals surface area contributed by atoms with Crippen molar-refractivity contribution in [1.82, 2.24) is 19.3 Å². The van der Waals surface area contributed by atoms with Gasteiger partial charge in [-0.2, -0.15) is 4.31 Å². The molecule has 1 aliphatic heterocycles. The molecular formula is C26H28N6O3S. The van der Waals surface area contributed by atoms with Gasteiger partial charge in [0.15, 0.2) is 5.89 Å². The lowest BCUT2D eigenvalue weighted by Crippen LogP contribution is -2.49. The Balaban J connectivity index is 1.26. The van der Waals surface area contributed by atoms with E-state index >= 15 is 0 Å². The van der Waals surface area contributed by atoms with Gasteiger partial charge in [0, 0.05) is 50.4 Å². The fraction of sp³-hybridized carbons (Fsp3) is 0.269. The summed E-state index contributed by atoms with van der Waals surface area (Å²) in [5.74, 6) is 2.70. The number of benzene rings is 2. The monoisotopic (exact) mass is 504 g/mol. The second-order valence-electron chi connectivity index (χ2n) is 8.82. The predicted octanol–water partition coefficient (Wildman–Crippen LogP) is 4.31. The molecule has 3 heterocycles. The average Bonchev–Trinajstić information content (AvgIpc) is 3.31. The summed E-state index contributed by atoms with van der Waals surface area (Å²) in [6.45, 7) is 7.49. The molecule has 9 nitrogen and oxygen atoms in total. The van der Waals surface area contributed by atoms with E-state index in [1.165, 1.54) is 9.87 Å². The van der Waals surface area contributed by atoms with Crippen LogP contribution in [0.3, 0.4) is 0 Å². The Kier molecular flexibility index (Phi) is 6.46. The highest BCUT2D eigenvalue weighted by atomic mass is 32.2. The summed E-state index contributed by atoms with van der Waals surface area (Å²) in [4.78, 5) is 15.7. The van der Waals surface area contributed by atoms with Crippen molar-refractivity contribution in [2.45, 2.75) is 25.7 Å². The summed E-state index contributed by atoms with van der Waals surface area (Å²) in [5.41, 5.74) is 3.63. The molecule has 0 saturated carbocycles. The van der Waals surface area contributed by atoms with Crippen LogP contribution in [-0.4, -0.2) is 53.9 Å². The van der Waals surface area contributed by atoms with E-state index in [0.717, 1.165) is 17.1 Å². The number of hydrogen-bond acceptors (Lipinski definition) is 8. The van der Waals surface area contributed by atoms with E-state index in [-0.39, 0.29) is 4.90 Å². The van der Waals surface area contributed by atoms with Crippen molar-refractivity contribution in [3.8, 4) is 11.3 Å². The lowest BCUT2D eigenvalue weighted by molar-refractivity contribution is 0.383. The Labute approximate surface area is 210 Å². The van der Waals surface area contributed by atoms with Gasteiger partial charge in [-0.15, -0.1) is 0 Å². The molecule has 2 aromatic carbocycles. The molecule has 10 heteroatoms. The minimum absolute atomic E-state index is 0.266. The molecule has 4 aromatic rings. The van der Waals surface area contributed by atoms with E-state index < -0.39 is 10.0 Å². The molecular weight excluding hydrogens is 476 g/mol. The van der Waals surface area contributed by atoms with Crippen LogP contribution in [-0.2, 0) is 10.0 Å². The topological polar surface area (TPSA) is 104 Å². The molecule has 1 saturated heterocycles. The fourth-order valence-electron chi connectivity index (χ4n) is 4.16. The molecule has 36 heavy (non-hydrogen) atoms. The van der Waals surface area contributed by atoms with E-state index in [4.69, 9.17) is 4.42 Å². The highest BCUT2D eigenvalue weighted by Gasteiger charge is 2.29. The maximum Gasteiger partial charge on any atom is 0.243 e. The first-order valence-corrected chi connectivity index (χ1v) is 13.2. The number of aryl methyl sites for hydroxylation is 3. The standard InChI is InChI=1S/C26H28N6O3S/c1-18-4-8-22(9-5-18)30-25-16-26(28-19(2)27-25)31-12-14-32(15-13-31)36(33,34)23-10-6-21(7-11-23)24-17-35-20(3)29-24/h4-11,16-17H,12-15H2,1-3H3,(H,27,28,30). The summed E-state index contributed by atoms with van der Waals surface area (Å²) >= 11 is 0. The maximum absolute atomic E-state index is 13.3. The van der Waals surface area contributed by atoms with Gasteiger partial charge in [-0.1, -0.05) is 29.8 Å². The zero-order chi connectivity index (χ0) is 25.3. The summed E-state index contributed by atoms with van der Waals surface area (Å²) < 4.78 is 33.3. The molecule has 0 unspecified atom stereocenters. The Bertz CT molecular complexity index is 1460. The summed E-state index contributed by atoms with van der Waals surface area (Å²) in [6, 6.07) is 16.8. The number of oxazole rings is 1. The van der Waals surface area contributed by atoms with Crippen molar-refractivity contribution in [3.05, 3.63) is 78.1 Å². The van der Waals surface area contributed by atoms with Crippen LogP contribution < -0.4 is 10.2 Å². The van der Waals surface area contributed by atoms with Gasteiger partial charge in [0.25, 0.3) is 0 Å². The molecule has 0 amide bonds. The molecule has 1 N–H and O–H groups in total. The van der Waals surface area contributed by atoms with Crippen molar-refractivity contribution in [1.29, 1.82) is 0 Å². The zero-order valence-electron chi connectivity index (χ0n) is 20.5. The number of rotatable bonds is 6. The van der Waals surface area contributed by atoms with Crippen LogP contribution in [0.4, 0.5) is 17.3 Å². The normalized spacial score (nSPS) is 14.7. The first kappa shape index (κ1) is 24.0. The Hall–Kier alpha value is -3.76. The number of aromatic nitrogens is 3. The smallest absolute Gasteiger partial charge is 0.243 e. The minimum atomic E-state index is -3.60. The van der Waals surface area contributed by atoms with Crippen molar-refractivity contribution in [2.75, 3.05) is 36.4 Å². The number of anilines is 3. The van der Waals surface area contributed by atoms with Gasteiger partial charge in [0.1, 0.15) is 29.4 Å². The number of nitrogens with one attached hydrogen (secondary N) is 1. The van der Waals surface area contributed by atoms with Crippen LogP contribution in [0.1, 0.15) is 17.3 Å². The highest BCUT2D eigenvalue weighted by molar-refractivity contribution is 7.89. The Morgan fingerprint density at radius 2 is 1.56 bits per heavy atom. The third-order valence-electron chi connectivity index (χ3n) is 6.12. The summed E-state index contributed by atoms with van der Waals surface area (Å²) in [7, 11) is -3.60. The van der Waals surface area contributed by atoms with E-state index in [0.29, 0.717) is 49.4 Å². The average molecular weight is 505 g/mol. The summed E-state index contributed by atoms with van der Waals surface area (Å²) in [5, 5.41) is 3.33. The molecule has 0 bridgehead atoms. The van der Waals surface area contributed by atoms with Crippen molar-refractivity contribution >= 4 is 27.3 Å². The zero-order valence-corrected chi connectivity index (χ0v) is 21.3. The van der Waals surface area contributed by atoms with E-state index in [1.807, 2.05) is 44.2 Å². The quantitative estimate of drug-likeness (QED) is 0.414. The second kappa shape index (κ2) is 9.71. The van der Waals surface area contributed by atoms with Gasteiger partial charge in [-0.05, 0) is 38.1 Å². The minimum Gasteiger partial charge on any atom is -0.449 e. The number of nitrogens with zero attached hydrogens (tertiary/aromatic N) is 5. The van der Waals surface area contributed by atoms with Crippen LogP contribution in [0.15, 0.2) is 70.2 Å². The second-order valence-corrected chi connectivity index (χ2v) is 10.8. The number of hydrogen-bond donors (Lipinski definition) is 1. The SMILES string of the molecule is Cc1ccc(Nc2cc(N3CCN(S(=O)(=O)c4ccc(-c5coc(C)n5)cc4)CC3)nc(C)n2)cc1. The van der Waals surface area contributed by atoms with Gasteiger partial charge in [-0.3, -0.25) is 0 Å². The third kappa shape index (κ3) is 5.09. The molecule has 2 aromatic heterocycles. The van der Waals surface area contributed by atoms with Crippen LogP contribution in [0.2, 0.25) is 0 Å². The molecule has 0 radical (unpaired) electrons. The van der Waals surface area contributed by atoms with Crippen LogP contribution in [0.25, 0.3) is 11.3 Å². The molecule has 1 fully saturated rings. The lowest BCUT2D eigenvalue weighted by atomic mass is 10.2. The first-order valence-electron chi connectivity index (χ1n) is 11.7. The maximum atomic E-state index is 13.3. The van der Waals surface area contributed by atoms with Crippen LogP contribution >= 0.6 is 0 Å². The van der Waals surface area contributed by atoms with Gasteiger partial charge < -0.3 is 14.6 Å². The molecule has 1 aliphatic rings. The van der Waals surface area contributed by atoms with E-state index in [1.54, 1.807) is 37.5 Å². The van der Waals surface area contributed by atoms with Crippen molar-refractivity contribution in [3.63, 3.8) is 0 Å². The molecule has 5 rings (SSSR count). The van der Waals surface area contributed by atoms with Gasteiger partial charge in [0.2, 0.25) is 10.0 Å². The summed E-state index contributed by atoms with van der Waals surface area (Å²) in [6.07, 6.45) is 1.56. The van der Waals surface area contributed by atoms with Gasteiger partial charge in [-0.25, -0.2) is 23.4 Å².